The van der Waals surface area contributed by atoms with Crippen LogP contribution in [0.1, 0.15) is 5.56 Å². The van der Waals surface area contributed by atoms with Crippen molar-refractivity contribution < 1.29 is 17.2 Å². The smallest absolute Gasteiger partial charge is 0.199 e. The first-order chi connectivity index (χ1) is 8.99. The zero-order valence-corrected chi connectivity index (χ0v) is 10.6. The van der Waals surface area contributed by atoms with Crippen molar-refractivity contribution in [1.82, 2.24) is 0 Å². The molecule has 0 aromatic heterocycles. The normalized spacial score (nSPS) is 11.9. The second-order valence-electron chi connectivity index (χ2n) is 3.83. The molecule has 0 aliphatic heterocycles. The Labute approximate surface area is 109 Å². The van der Waals surface area contributed by atoms with Crippen molar-refractivity contribution in [1.29, 1.82) is 0 Å². The van der Waals surface area contributed by atoms with Gasteiger partial charge in [0.1, 0.15) is 11.6 Å². The third-order valence-electron chi connectivity index (χ3n) is 2.46. The van der Waals surface area contributed by atoms with Gasteiger partial charge in [-0.15, -0.1) is 0 Å². The Morgan fingerprint density at radius 3 is 2.26 bits per heavy atom. The minimum Gasteiger partial charge on any atom is -0.219 e. The molecule has 2 rings (SSSR count). The van der Waals surface area contributed by atoms with Gasteiger partial charge in [0, 0.05) is 17.0 Å². The van der Waals surface area contributed by atoms with E-state index in [0.29, 0.717) is 6.07 Å². The molecule has 0 aliphatic rings. The molecule has 0 amide bonds. The van der Waals surface area contributed by atoms with Crippen LogP contribution in [-0.4, -0.2) is 8.42 Å². The Bertz CT molecular complexity index is 707. The summed E-state index contributed by atoms with van der Waals surface area (Å²) in [6.07, 6.45) is 1.11. The molecule has 2 aromatic carbocycles. The van der Waals surface area contributed by atoms with Crippen molar-refractivity contribution in [3.63, 3.8) is 0 Å². The van der Waals surface area contributed by atoms with Crippen LogP contribution in [0.15, 0.2) is 58.8 Å². The van der Waals surface area contributed by atoms with Crippen molar-refractivity contribution in [2.45, 2.75) is 4.90 Å². The van der Waals surface area contributed by atoms with Crippen molar-refractivity contribution in [2.24, 2.45) is 0 Å². The van der Waals surface area contributed by atoms with Gasteiger partial charge in [0.2, 0.25) is 0 Å². The Morgan fingerprint density at radius 2 is 1.63 bits per heavy atom. The van der Waals surface area contributed by atoms with Crippen LogP contribution >= 0.6 is 0 Å². The molecule has 19 heavy (non-hydrogen) atoms. The van der Waals surface area contributed by atoms with E-state index < -0.39 is 21.5 Å². The van der Waals surface area contributed by atoms with Crippen LogP contribution in [0.2, 0.25) is 0 Å². The van der Waals surface area contributed by atoms with Gasteiger partial charge in [-0.3, -0.25) is 0 Å². The summed E-state index contributed by atoms with van der Waals surface area (Å²) in [5.41, 5.74) is 0.0147. The van der Waals surface area contributed by atoms with E-state index >= 15 is 0 Å². The van der Waals surface area contributed by atoms with E-state index in [4.69, 9.17) is 0 Å². The SMILES string of the molecule is O=S(=O)(C=Cc1ccc(F)cc1F)c1ccccc1. The molecule has 0 fully saturated rings. The highest BCUT2D eigenvalue weighted by atomic mass is 32.2. The van der Waals surface area contributed by atoms with E-state index in [-0.39, 0.29) is 10.5 Å². The number of rotatable bonds is 3. The first kappa shape index (κ1) is 13.4. The monoisotopic (exact) mass is 280 g/mol. The second kappa shape index (κ2) is 5.32. The fourth-order valence-corrected chi connectivity index (χ4v) is 2.51. The molecule has 0 saturated carbocycles. The van der Waals surface area contributed by atoms with E-state index in [1.54, 1.807) is 18.2 Å². The highest BCUT2D eigenvalue weighted by Gasteiger charge is 2.09. The topological polar surface area (TPSA) is 34.1 Å². The van der Waals surface area contributed by atoms with Gasteiger partial charge in [-0.2, -0.15) is 0 Å². The molecule has 0 saturated heterocycles. The largest absolute Gasteiger partial charge is 0.219 e. The van der Waals surface area contributed by atoms with Gasteiger partial charge in [0.15, 0.2) is 9.84 Å². The van der Waals surface area contributed by atoms with E-state index in [1.807, 2.05) is 0 Å². The van der Waals surface area contributed by atoms with Gasteiger partial charge in [0.25, 0.3) is 0 Å². The summed E-state index contributed by atoms with van der Waals surface area (Å²) in [4.78, 5) is 0.119. The van der Waals surface area contributed by atoms with Crippen LogP contribution in [0, 0.1) is 11.6 Å². The summed E-state index contributed by atoms with van der Waals surface area (Å²) in [7, 11) is -3.63. The van der Waals surface area contributed by atoms with E-state index in [2.05, 4.69) is 0 Å². The number of hydrogen-bond acceptors (Lipinski definition) is 2. The Morgan fingerprint density at radius 1 is 0.947 bits per heavy atom. The van der Waals surface area contributed by atoms with Crippen LogP contribution in [0.5, 0.6) is 0 Å². The van der Waals surface area contributed by atoms with Gasteiger partial charge in [-0.05, 0) is 30.3 Å². The van der Waals surface area contributed by atoms with Gasteiger partial charge >= 0.3 is 0 Å². The summed E-state index contributed by atoms with van der Waals surface area (Å²) < 4.78 is 49.8. The molecule has 0 bridgehead atoms. The van der Waals surface area contributed by atoms with Crippen LogP contribution in [0.4, 0.5) is 8.78 Å². The standard InChI is InChI=1S/C14H10F2O2S/c15-12-7-6-11(14(16)10-12)8-9-19(17,18)13-4-2-1-3-5-13/h1-10H. The summed E-state index contributed by atoms with van der Waals surface area (Å²) in [6.45, 7) is 0. The average Bonchev–Trinajstić information content (AvgIpc) is 2.39. The van der Waals surface area contributed by atoms with E-state index in [0.717, 1.165) is 17.6 Å². The third kappa shape index (κ3) is 3.26. The fourth-order valence-electron chi connectivity index (χ4n) is 1.49. The second-order valence-corrected chi connectivity index (χ2v) is 5.66. The lowest BCUT2D eigenvalue weighted by Crippen LogP contribution is -1.95. The number of sulfone groups is 1. The molecule has 2 aromatic rings. The molecular weight excluding hydrogens is 270 g/mol. The molecule has 0 spiro atoms. The third-order valence-corrected chi connectivity index (χ3v) is 3.88. The lowest BCUT2D eigenvalue weighted by Gasteiger charge is -1.99. The predicted octanol–water partition coefficient (Wildman–Crippen LogP) is 3.41. The zero-order valence-electron chi connectivity index (χ0n) is 9.75. The highest BCUT2D eigenvalue weighted by molar-refractivity contribution is 7.94. The Balaban J connectivity index is 2.33. The molecule has 0 N–H and O–H groups in total. The lowest BCUT2D eigenvalue weighted by atomic mass is 10.2. The van der Waals surface area contributed by atoms with Crippen molar-refractivity contribution in [3.8, 4) is 0 Å². The van der Waals surface area contributed by atoms with E-state index in [1.165, 1.54) is 18.2 Å². The molecule has 98 valence electrons. The van der Waals surface area contributed by atoms with Gasteiger partial charge in [0.05, 0.1) is 4.90 Å². The fraction of sp³-hybridized carbons (Fsp3) is 0. The number of hydrogen-bond donors (Lipinski definition) is 0. The Kier molecular flexibility index (Phi) is 3.76. The van der Waals surface area contributed by atoms with Crippen LogP contribution in [0.3, 0.4) is 0 Å². The van der Waals surface area contributed by atoms with Crippen molar-refractivity contribution >= 4 is 15.9 Å². The van der Waals surface area contributed by atoms with Gasteiger partial charge in [-0.25, -0.2) is 17.2 Å². The number of halogens is 2. The molecule has 5 heteroatoms. The first-order valence-corrected chi connectivity index (χ1v) is 6.97. The van der Waals surface area contributed by atoms with Crippen LogP contribution in [-0.2, 0) is 9.84 Å². The highest BCUT2D eigenvalue weighted by Crippen LogP contribution is 2.15. The molecule has 0 radical (unpaired) electrons. The maximum atomic E-state index is 13.3. The molecule has 0 aliphatic carbocycles. The van der Waals surface area contributed by atoms with Gasteiger partial charge in [-0.1, -0.05) is 18.2 Å². The maximum Gasteiger partial charge on any atom is 0.199 e. The zero-order chi connectivity index (χ0) is 13.9. The summed E-state index contributed by atoms with van der Waals surface area (Å²) >= 11 is 0. The lowest BCUT2D eigenvalue weighted by molar-refractivity contribution is 0.581. The summed E-state index contributed by atoms with van der Waals surface area (Å²) in [5, 5.41) is 0.901. The molecular formula is C14H10F2O2S. The molecule has 0 atom stereocenters. The Hall–Kier alpha value is -2.01. The van der Waals surface area contributed by atoms with Gasteiger partial charge < -0.3 is 0 Å². The quantitative estimate of drug-likeness (QED) is 0.863. The predicted molar refractivity (Wildman–Crippen MR) is 69.0 cm³/mol. The minimum atomic E-state index is -3.63. The summed E-state index contributed by atoms with van der Waals surface area (Å²) in [5.74, 6) is -1.51. The molecule has 2 nitrogen and oxygen atoms in total. The van der Waals surface area contributed by atoms with E-state index in [9.17, 15) is 17.2 Å². The molecule has 0 unspecified atom stereocenters. The number of benzene rings is 2. The van der Waals surface area contributed by atoms with Crippen LogP contribution < -0.4 is 0 Å². The van der Waals surface area contributed by atoms with Crippen molar-refractivity contribution in [2.75, 3.05) is 0 Å². The maximum absolute atomic E-state index is 13.3. The van der Waals surface area contributed by atoms with Crippen LogP contribution in [0.25, 0.3) is 6.08 Å². The average molecular weight is 280 g/mol. The van der Waals surface area contributed by atoms with Crippen molar-refractivity contribution in [3.05, 3.63) is 71.1 Å². The minimum absolute atomic E-state index is 0.0147. The first-order valence-electron chi connectivity index (χ1n) is 5.42. The molecule has 0 heterocycles. The summed E-state index contributed by atoms with van der Waals surface area (Å²) in [6, 6.07) is 10.7.